The molecule has 0 amide bonds. The van der Waals surface area contributed by atoms with Crippen molar-refractivity contribution >= 4 is 11.9 Å². The molecule has 0 aromatic carbocycles. The molecule has 0 radical (unpaired) electrons. The van der Waals surface area contributed by atoms with E-state index < -0.39 is 12.2 Å². The molecule has 1 saturated carbocycles. The van der Waals surface area contributed by atoms with Gasteiger partial charge in [-0.05, 0) is 32.1 Å². The number of unbranched alkanes of at least 4 members (excludes halogenated alkanes) is 3. The van der Waals surface area contributed by atoms with Gasteiger partial charge in [-0.15, -0.1) is 0 Å². The van der Waals surface area contributed by atoms with Crippen LogP contribution in [0.1, 0.15) is 58.8 Å². The van der Waals surface area contributed by atoms with Crippen LogP contribution in [-0.2, 0) is 19.1 Å². The lowest BCUT2D eigenvalue weighted by atomic mass is 9.89. The summed E-state index contributed by atoms with van der Waals surface area (Å²) in [6.45, 7) is 3.73. The summed E-state index contributed by atoms with van der Waals surface area (Å²) in [6, 6.07) is 0. The quantitative estimate of drug-likeness (QED) is 0.469. The van der Waals surface area contributed by atoms with E-state index >= 15 is 0 Å². The fraction of sp³-hybridized carbons (Fsp3) is 0.882. The summed E-state index contributed by atoms with van der Waals surface area (Å²) in [6.07, 6.45) is 4.09. The molecule has 1 fully saturated rings. The summed E-state index contributed by atoms with van der Waals surface area (Å²) in [5.41, 5.74) is 0. The Labute approximate surface area is 138 Å². The molecule has 6 nitrogen and oxygen atoms in total. The Kier molecular flexibility index (Phi) is 9.17. The Balaban J connectivity index is 2.23. The van der Waals surface area contributed by atoms with E-state index in [-0.39, 0.29) is 30.4 Å². The zero-order valence-corrected chi connectivity index (χ0v) is 14.2. The van der Waals surface area contributed by atoms with Crippen molar-refractivity contribution in [3.63, 3.8) is 0 Å². The molecular weight excluding hydrogens is 300 g/mol. The van der Waals surface area contributed by atoms with Gasteiger partial charge in [0.25, 0.3) is 0 Å². The maximum atomic E-state index is 11.2. The third kappa shape index (κ3) is 7.31. The van der Waals surface area contributed by atoms with E-state index in [2.05, 4.69) is 0 Å². The van der Waals surface area contributed by atoms with E-state index in [1.54, 1.807) is 6.92 Å². The summed E-state index contributed by atoms with van der Waals surface area (Å²) in [5.74, 6) is -0.734. The standard InChI is InChI=1S/C17H30O6/c1-3-22-17(21)9-7-5-4-6-8-13-14(11-23-12(2)18)16(20)10-15(13)19/h13-16,19-20H,3-11H2,1-2H3/t13-,14-,15+,16-/m1/s1. The minimum Gasteiger partial charge on any atom is -0.466 e. The van der Waals surface area contributed by atoms with Gasteiger partial charge in [-0.2, -0.15) is 0 Å². The summed E-state index contributed by atoms with van der Waals surface area (Å²) < 4.78 is 9.88. The molecule has 23 heavy (non-hydrogen) atoms. The monoisotopic (exact) mass is 330 g/mol. The van der Waals surface area contributed by atoms with Gasteiger partial charge in [0.1, 0.15) is 0 Å². The van der Waals surface area contributed by atoms with Gasteiger partial charge in [-0.3, -0.25) is 9.59 Å². The van der Waals surface area contributed by atoms with Crippen LogP contribution in [-0.4, -0.2) is 47.6 Å². The Morgan fingerprint density at radius 1 is 1.00 bits per heavy atom. The lowest BCUT2D eigenvalue weighted by Gasteiger charge is -2.23. The SMILES string of the molecule is CCOC(=O)CCCCCC[C@@H]1[C@@H](COC(C)=O)[C@H](O)C[C@@H]1O. The smallest absolute Gasteiger partial charge is 0.305 e. The number of hydrogen-bond acceptors (Lipinski definition) is 6. The zero-order valence-electron chi connectivity index (χ0n) is 14.2. The molecule has 0 heterocycles. The predicted octanol–water partition coefficient (Wildman–Crippen LogP) is 1.81. The number of carbonyl (C=O) groups is 2. The van der Waals surface area contributed by atoms with E-state index in [9.17, 15) is 19.8 Å². The Hall–Kier alpha value is -1.14. The molecule has 0 aromatic heterocycles. The molecule has 1 aliphatic carbocycles. The van der Waals surface area contributed by atoms with Crippen LogP contribution in [0.3, 0.4) is 0 Å². The third-order valence-electron chi connectivity index (χ3n) is 4.47. The molecule has 6 heteroatoms. The van der Waals surface area contributed by atoms with Crippen molar-refractivity contribution in [3.05, 3.63) is 0 Å². The highest BCUT2D eigenvalue weighted by atomic mass is 16.5. The lowest BCUT2D eigenvalue weighted by molar-refractivity contribution is -0.144. The van der Waals surface area contributed by atoms with Gasteiger partial charge in [0.2, 0.25) is 0 Å². The second-order valence-corrected chi connectivity index (χ2v) is 6.26. The van der Waals surface area contributed by atoms with Crippen LogP contribution < -0.4 is 0 Å². The topological polar surface area (TPSA) is 93.1 Å². The van der Waals surface area contributed by atoms with Gasteiger partial charge in [0, 0.05) is 19.3 Å². The van der Waals surface area contributed by atoms with Crippen LogP contribution >= 0.6 is 0 Å². The summed E-state index contributed by atoms with van der Waals surface area (Å²) >= 11 is 0. The van der Waals surface area contributed by atoms with Crippen LogP contribution in [0.4, 0.5) is 0 Å². The molecule has 0 saturated heterocycles. The van der Waals surface area contributed by atoms with E-state index in [4.69, 9.17) is 9.47 Å². The van der Waals surface area contributed by atoms with Crippen LogP contribution in [0.15, 0.2) is 0 Å². The van der Waals surface area contributed by atoms with Gasteiger partial charge >= 0.3 is 11.9 Å². The molecule has 4 atom stereocenters. The van der Waals surface area contributed by atoms with Crippen molar-refractivity contribution in [1.82, 2.24) is 0 Å². The second kappa shape index (κ2) is 10.6. The molecule has 0 unspecified atom stereocenters. The van der Waals surface area contributed by atoms with Crippen molar-refractivity contribution in [2.45, 2.75) is 71.0 Å². The fourth-order valence-corrected chi connectivity index (χ4v) is 3.26. The molecular formula is C17H30O6. The van der Waals surface area contributed by atoms with Crippen LogP contribution in [0.2, 0.25) is 0 Å². The Morgan fingerprint density at radius 3 is 2.30 bits per heavy atom. The summed E-state index contributed by atoms with van der Waals surface area (Å²) in [4.78, 5) is 22.1. The first-order valence-corrected chi connectivity index (χ1v) is 8.60. The number of aliphatic hydroxyl groups is 2. The number of ether oxygens (including phenoxy) is 2. The maximum Gasteiger partial charge on any atom is 0.305 e. The molecule has 1 rings (SSSR count). The van der Waals surface area contributed by atoms with Crippen LogP contribution in [0.25, 0.3) is 0 Å². The summed E-state index contributed by atoms with van der Waals surface area (Å²) in [7, 11) is 0. The molecule has 0 aromatic rings. The highest BCUT2D eigenvalue weighted by Gasteiger charge is 2.41. The number of aliphatic hydroxyl groups excluding tert-OH is 2. The molecule has 2 N–H and O–H groups in total. The second-order valence-electron chi connectivity index (χ2n) is 6.26. The first-order valence-electron chi connectivity index (χ1n) is 8.60. The largest absolute Gasteiger partial charge is 0.466 e. The van der Waals surface area contributed by atoms with Crippen LogP contribution in [0.5, 0.6) is 0 Å². The lowest BCUT2D eigenvalue weighted by Crippen LogP contribution is -2.27. The maximum absolute atomic E-state index is 11.2. The number of rotatable bonds is 10. The van der Waals surface area contributed by atoms with Gasteiger partial charge < -0.3 is 19.7 Å². The average Bonchev–Trinajstić information content (AvgIpc) is 2.74. The van der Waals surface area contributed by atoms with Crippen molar-refractivity contribution in [3.8, 4) is 0 Å². The first-order chi connectivity index (χ1) is 11.0. The summed E-state index contributed by atoms with van der Waals surface area (Å²) in [5, 5.41) is 20.1. The predicted molar refractivity (Wildman–Crippen MR) is 84.6 cm³/mol. The number of hydrogen-bond donors (Lipinski definition) is 2. The Morgan fingerprint density at radius 2 is 1.65 bits per heavy atom. The first kappa shape index (κ1) is 19.9. The minimum absolute atomic E-state index is 0.0330. The number of carbonyl (C=O) groups excluding carboxylic acids is 2. The van der Waals surface area contributed by atoms with Gasteiger partial charge in [-0.25, -0.2) is 0 Å². The third-order valence-corrected chi connectivity index (χ3v) is 4.47. The normalized spacial score (nSPS) is 27.0. The van der Waals surface area contributed by atoms with Crippen molar-refractivity contribution in [2.24, 2.45) is 11.8 Å². The minimum atomic E-state index is -0.613. The molecule has 0 aliphatic heterocycles. The van der Waals surface area contributed by atoms with Gasteiger partial charge in [0.15, 0.2) is 0 Å². The van der Waals surface area contributed by atoms with E-state index in [1.807, 2.05) is 0 Å². The van der Waals surface area contributed by atoms with Gasteiger partial charge in [0.05, 0.1) is 25.4 Å². The number of esters is 2. The molecule has 0 spiro atoms. The molecule has 134 valence electrons. The van der Waals surface area contributed by atoms with E-state index in [1.165, 1.54) is 6.92 Å². The van der Waals surface area contributed by atoms with Crippen molar-refractivity contribution < 1.29 is 29.3 Å². The van der Waals surface area contributed by atoms with Gasteiger partial charge in [-0.1, -0.05) is 19.3 Å². The van der Waals surface area contributed by atoms with E-state index in [0.717, 1.165) is 32.1 Å². The van der Waals surface area contributed by atoms with E-state index in [0.29, 0.717) is 19.4 Å². The average molecular weight is 330 g/mol. The zero-order chi connectivity index (χ0) is 17.2. The van der Waals surface area contributed by atoms with Crippen molar-refractivity contribution in [2.75, 3.05) is 13.2 Å². The highest BCUT2D eigenvalue weighted by Crippen LogP contribution is 2.36. The van der Waals surface area contributed by atoms with Crippen molar-refractivity contribution in [1.29, 1.82) is 0 Å². The fourth-order valence-electron chi connectivity index (χ4n) is 3.26. The van der Waals surface area contributed by atoms with Crippen LogP contribution in [0, 0.1) is 11.8 Å². The molecule has 0 bridgehead atoms. The molecule has 1 aliphatic rings. The highest BCUT2D eigenvalue weighted by molar-refractivity contribution is 5.69. The Bertz CT molecular complexity index is 370.